The number of rotatable bonds is 5. The highest BCUT2D eigenvalue weighted by Gasteiger charge is 2.38. The summed E-state index contributed by atoms with van der Waals surface area (Å²) in [6.45, 7) is 0. The Morgan fingerprint density at radius 3 is 2.62 bits per heavy atom. The number of hydrogen-bond donors (Lipinski definition) is 3. The van der Waals surface area contributed by atoms with Crippen LogP contribution >= 0.6 is 0 Å². The van der Waals surface area contributed by atoms with Gasteiger partial charge in [-0.2, -0.15) is 5.10 Å². The number of carboxylic acids is 1. The molecule has 0 spiro atoms. The number of nitrogens with zero attached hydrogens (tertiary/aromatic N) is 3. The number of amides is 2. The van der Waals surface area contributed by atoms with Crippen LogP contribution in [0.25, 0.3) is 22.4 Å². The van der Waals surface area contributed by atoms with Gasteiger partial charge in [-0.05, 0) is 42.3 Å². The first-order chi connectivity index (χ1) is 14.0. The van der Waals surface area contributed by atoms with Crippen LogP contribution in [-0.4, -0.2) is 44.1 Å². The van der Waals surface area contributed by atoms with Gasteiger partial charge in [0, 0.05) is 35.5 Å². The minimum Gasteiger partial charge on any atom is -0.480 e. The molecule has 4 N–H and O–H groups in total. The first-order valence-electron chi connectivity index (χ1n) is 8.90. The third-order valence-electron chi connectivity index (χ3n) is 4.94. The maximum Gasteiger partial charge on any atom is 0.326 e. The van der Waals surface area contributed by atoms with Gasteiger partial charge in [-0.25, -0.2) is 4.79 Å². The van der Waals surface area contributed by atoms with Crippen LogP contribution in [0.1, 0.15) is 23.2 Å². The van der Waals surface area contributed by atoms with Crippen molar-refractivity contribution in [2.45, 2.75) is 18.9 Å². The molecule has 9 heteroatoms. The molecule has 9 nitrogen and oxygen atoms in total. The van der Waals surface area contributed by atoms with E-state index in [4.69, 9.17) is 5.73 Å². The zero-order chi connectivity index (χ0) is 20.5. The molecule has 1 aromatic carbocycles. The molecule has 0 bridgehead atoms. The number of anilines is 1. The molecule has 3 heterocycles. The van der Waals surface area contributed by atoms with E-state index in [2.05, 4.69) is 15.2 Å². The fourth-order valence-corrected chi connectivity index (χ4v) is 3.56. The summed E-state index contributed by atoms with van der Waals surface area (Å²) in [5, 5.41) is 16.6. The number of carbonyl (C=O) groups is 3. The molecule has 0 radical (unpaired) electrons. The fourth-order valence-electron chi connectivity index (χ4n) is 3.56. The molecule has 2 aromatic heterocycles. The second-order valence-corrected chi connectivity index (χ2v) is 6.65. The van der Waals surface area contributed by atoms with Crippen molar-refractivity contribution >= 4 is 23.5 Å². The summed E-state index contributed by atoms with van der Waals surface area (Å²) in [5.41, 5.74) is 8.60. The number of nitrogens with two attached hydrogens (primary N) is 1. The molecule has 2 amide bonds. The average Bonchev–Trinajstić information content (AvgIpc) is 3.35. The predicted octanol–water partition coefficient (Wildman–Crippen LogP) is 1.82. The quantitative estimate of drug-likeness (QED) is 0.605. The lowest BCUT2D eigenvalue weighted by Gasteiger charge is -2.25. The molecule has 29 heavy (non-hydrogen) atoms. The Bertz CT molecular complexity index is 1110. The maximum absolute atomic E-state index is 12.5. The summed E-state index contributed by atoms with van der Waals surface area (Å²) in [7, 11) is 0. The van der Waals surface area contributed by atoms with Crippen molar-refractivity contribution in [1.29, 1.82) is 0 Å². The number of carboxylic acid groups (broad SMARTS) is 1. The highest BCUT2D eigenvalue weighted by molar-refractivity contribution is 6.06. The molecule has 1 unspecified atom stereocenters. The SMILES string of the molecule is NC(=O)c1ccc(N2C(=O)CCC2C(=O)O)c(-c2[nH]ncc2-c2ccncc2)c1. The molecule has 1 aliphatic rings. The smallest absolute Gasteiger partial charge is 0.326 e. The topological polar surface area (TPSA) is 142 Å². The molecule has 4 rings (SSSR count). The molecular weight excluding hydrogens is 374 g/mol. The normalized spacial score (nSPS) is 16.2. The molecular formula is C20H17N5O4. The highest BCUT2D eigenvalue weighted by Crippen LogP contribution is 2.39. The van der Waals surface area contributed by atoms with Gasteiger partial charge < -0.3 is 10.8 Å². The van der Waals surface area contributed by atoms with Crippen molar-refractivity contribution in [2.75, 3.05) is 4.90 Å². The molecule has 1 fully saturated rings. The van der Waals surface area contributed by atoms with Gasteiger partial charge in [0.1, 0.15) is 6.04 Å². The van der Waals surface area contributed by atoms with Crippen molar-refractivity contribution in [2.24, 2.45) is 5.73 Å². The van der Waals surface area contributed by atoms with Gasteiger partial charge >= 0.3 is 5.97 Å². The number of carbonyl (C=O) groups excluding carboxylic acids is 2. The second-order valence-electron chi connectivity index (χ2n) is 6.65. The minimum absolute atomic E-state index is 0.133. The van der Waals surface area contributed by atoms with Crippen molar-refractivity contribution in [1.82, 2.24) is 15.2 Å². The van der Waals surface area contributed by atoms with Gasteiger partial charge in [0.2, 0.25) is 11.8 Å². The number of hydrogen-bond acceptors (Lipinski definition) is 5. The molecule has 3 aromatic rings. The Balaban J connectivity index is 1.93. The summed E-state index contributed by atoms with van der Waals surface area (Å²) in [4.78, 5) is 41.2. The van der Waals surface area contributed by atoms with Gasteiger partial charge in [0.25, 0.3) is 0 Å². The number of aromatic nitrogens is 3. The Labute approximate surface area is 165 Å². The van der Waals surface area contributed by atoms with E-state index in [1.54, 1.807) is 42.9 Å². The fraction of sp³-hybridized carbons (Fsp3) is 0.150. The number of aliphatic carboxylic acids is 1. The van der Waals surface area contributed by atoms with Crippen LogP contribution in [-0.2, 0) is 9.59 Å². The Hall–Kier alpha value is -4.01. The zero-order valence-corrected chi connectivity index (χ0v) is 15.2. The third-order valence-corrected chi connectivity index (χ3v) is 4.94. The third kappa shape index (κ3) is 3.22. The number of H-pyrrole nitrogens is 1. The summed E-state index contributed by atoms with van der Waals surface area (Å²) in [6.07, 6.45) is 5.24. The molecule has 1 aliphatic heterocycles. The van der Waals surface area contributed by atoms with Gasteiger partial charge in [-0.1, -0.05) is 0 Å². The Kier molecular flexibility index (Phi) is 4.55. The molecule has 146 valence electrons. The lowest BCUT2D eigenvalue weighted by Crippen LogP contribution is -2.39. The van der Waals surface area contributed by atoms with Crippen LogP contribution < -0.4 is 10.6 Å². The number of primary amides is 1. The van der Waals surface area contributed by atoms with E-state index >= 15 is 0 Å². The van der Waals surface area contributed by atoms with E-state index in [0.29, 0.717) is 22.5 Å². The highest BCUT2D eigenvalue weighted by atomic mass is 16.4. The lowest BCUT2D eigenvalue weighted by atomic mass is 9.98. The molecule has 1 atom stereocenters. The first-order valence-corrected chi connectivity index (χ1v) is 8.90. The first kappa shape index (κ1) is 18.4. The van der Waals surface area contributed by atoms with E-state index in [0.717, 1.165) is 5.56 Å². The van der Waals surface area contributed by atoms with Crippen molar-refractivity contribution in [3.05, 3.63) is 54.5 Å². The van der Waals surface area contributed by atoms with Crippen molar-refractivity contribution < 1.29 is 19.5 Å². The van der Waals surface area contributed by atoms with E-state index < -0.39 is 17.9 Å². The molecule has 1 saturated heterocycles. The van der Waals surface area contributed by atoms with Gasteiger partial charge in [-0.3, -0.25) is 24.6 Å². The van der Waals surface area contributed by atoms with Gasteiger partial charge in [0.05, 0.1) is 17.6 Å². The molecule has 0 aliphatic carbocycles. The summed E-state index contributed by atoms with van der Waals surface area (Å²) < 4.78 is 0. The van der Waals surface area contributed by atoms with E-state index in [1.165, 1.54) is 11.0 Å². The van der Waals surface area contributed by atoms with E-state index in [-0.39, 0.29) is 24.3 Å². The maximum atomic E-state index is 12.5. The second kappa shape index (κ2) is 7.19. The largest absolute Gasteiger partial charge is 0.480 e. The summed E-state index contributed by atoms with van der Waals surface area (Å²) >= 11 is 0. The Morgan fingerprint density at radius 1 is 1.17 bits per heavy atom. The van der Waals surface area contributed by atoms with Gasteiger partial charge in [0.15, 0.2) is 0 Å². The van der Waals surface area contributed by atoms with Crippen LogP contribution in [0, 0.1) is 0 Å². The van der Waals surface area contributed by atoms with Crippen LogP contribution in [0.15, 0.2) is 48.9 Å². The predicted molar refractivity (Wildman–Crippen MR) is 104 cm³/mol. The van der Waals surface area contributed by atoms with Crippen LogP contribution in [0.5, 0.6) is 0 Å². The van der Waals surface area contributed by atoms with E-state index in [1.807, 2.05) is 0 Å². The monoisotopic (exact) mass is 391 g/mol. The van der Waals surface area contributed by atoms with Crippen LogP contribution in [0.2, 0.25) is 0 Å². The summed E-state index contributed by atoms with van der Waals surface area (Å²) in [5.74, 6) is -2.01. The zero-order valence-electron chi connectivity index (χ0n) is 15.2. The lowest BCUT2D eigenvalue weighted by molar-refractivity contribution is -0.138. The standard InChI is InChI=1S/C20H17N5O4/c21-19(27)12-1-2-15(25-16(20(28)29)3-4-17(25)26)13(9-12)18-14(10-23-24-18)11-5-7-22-8-6-11/h1-2,5-10,16H,3-4H2,(H2,21,27)(H,23,24)(H,28,29). The van der Waals surface area contributed by atoms with Crippen molar-refractivity contribution in [3.63, 3.8) is 0 Å². The van der Waals surface area contributed by atoms with Crippen LogP contribution in [0.3, 0.4) is 0 Å². The summed E-state index contributed by atoms with van der Waals surface area (Å²) in [6, 6.07) is 7.19. The number of nitrogens with one attached hydrogen (secondary N) is 1. The average molecular weight is 391 g/mol. The number of pyridine rings is 1. The van der Waals surface area contributed by atoms with E-state index in [9.17, 15) is 19.5 Å². The van der Waals surface area contributed by atoms with Crippen molar-refractivity contribution in [3.8, 4) is 22.4 Å². The number of benzene rings is 1. The van der Waals surface area contributed by atoms with Crippen LogP contribution in [0.4, 0.5) is 5.69 Å². The number of aromatic amines is 1. The van der Waals surface area contributed by atoms with Gasteiger partial charge in [-0.15, -0.1) is 0 Å². The molecule has 0 saturated carbocycles. The minimum atomic E-state index is -1.08. The Morgan fingerprint density at radius 2 is 1.93 bits per heavy atom.